The maximum Gasteiger partial charge on any atom is 0.223 e. The molecule has 1 N–H and O–H groups in total. The average molecular weight is 424 g/mol. The minimum atomic E-state index is 0.00944. The van der Waals surface area contributed by atoms with E-state index in [4.69, 9.17) is 9.47 Å². The van der Waals surface area contributed by atoms with Crippen molar-refractivity contribution in [2.45, 2.75) is 56.8 Å². The number of piperidine rings is 1. The molecule has 5 rings (SSSR count). The van der Waals surface area contributed by atoms with E-state index >= 15 is 0 Å². The monoisotopic (exact) mass is 423 g/mol. The molecule has 2 aromatic rings. The second-order valence-electron chi connectivity index (χ2n) is 9.40. The van der Waals surface area contributed by atoms with Crippen LogP contribution in [0.2, 0.25) is 0 Å². The van der Waals surface area contributed by atoms with E-state index in [2.05, 4.69) is 39.5 Å². The zero-order chi connectivity index (χ0) is 21.1. The number of ether oxygens (including phenoxy) is 2. The highest BCUT2D eigenvalue weighted by Crippen LogP contribution is 2.39. The summed E-state index contributed by atoms with van der Waals surface area (Å²) in [5, 5.41) is 4.33. The molecule has 166 valence electrons. The Kier molecular flexibility index (Phi) is 6.21. The van der Waals surface area contributed by atoms with Gasteiger partial charge in [0.15, 0.2) is 0 Å². The number of carbonyl (C=O) groups excluding carboxylic acids is 1. The third-order valence-electron chi connectivity index (χ3n) is 7.28. The molecule has 3 aliphatic heterocycles. The van der Waals surface area contributed by atoms with Crippen molar-refractivity contribution >= 4 is 16.8 Å². The molecule has 0 aliphatic carbocycles. The van der Waals surface area contributed by atoms with Crippen LogP contribution in [-0.2, 0) is 20.8 Å². The number of fused-ring (bicyclic) bond motifs is 1. The molecular formula is C25H33N3O3. The SMILES string of the molecule is O=C(NCC1CCC2(CCN(Cc3ccc4cccnc4c3)CC2)O1)C1CCOCC1. The van der Waals surface area contributed by atoms with Crippen molar-refractivity contribution in [3.63, 3.8) is 0 Å². The van der Waals surface area contributed by atoms with Gasteiger partial charge in [0.25, 0.3) is 0 Å². The van der Waals surface area contributed by atoms with Gasteiger partial charge < -0.3 is 14.8 Å². The number of likely N-dealkylation sites (tertiary alicyclic amines) is 1. The Labute approximate surface area is 184 Å². The highest BCUT2D eigenvalue weighted by Gasteiger charge is 2.42. The Bertz CT molecular complexity index is 904. The lowest BCUT2D eigenvalue weighted by atomic mass is 9.88. The average Bonchev–Trinajstić information content (AvgIpc) is 3.22. The molecule has 3 fully saturated rings. The van der Waals surface area contributed by atoms with Gasteiger partial charge in [0.1, 0.15) is 0 Å². The van der Waals surface area contributed by atoms with Gasteiger partial charge in [0.2, 0.25) is 5.91 Å². The minimum Gasteiger partial charge on any atom is -0.381 e. The van der Waals surface area contributed by atoms with E-state index in [1.165, 1.54) is 10.9 Å². The largest absolute Gasteiger partial charge is 0.381 e. The van der Waals surface area contributed by atoms with Crippen molar-refractivity contribution in [2.24, 2.45) is 5.92 Å². The van der Waals surface area contributed by atoms with Gasteiger partial charge in [-0.2, -0.15) is 0 Å². The summed E-state index contributed by atoms with van der Waals surface area (Å²) < 4.78 is 11.9. The number of pyridine rings is 1. The molecule has 0 saturated carbocycles. The van der Waals surface area contributed by atoms with E-state index < -0.39 is 0 Å². The summed E-state index contributed by atoms with van der Waals surface area (Å²) in [7, 11) is 0. The lowest BCUT2D eigenvalue weighted by Crippen LogP contribution is -2.45. The van der Waals surface area contributed by atoms with Crippen molar-refractivity contribution in [1.29, 1.82) is 0 Å². The standard InChI is InChI=1S/C25H33N3O3/c29-24(21-6-14-30-15-7-21)27-17-22-5-8-25(31-22)9-12-28(13-10-25)18-19-3-4-20-2-1-11-26-23(20)16-19/h1-4,11,16,21-22H,5-10,12-15,17-18H2,(H,27,29). The number of hydrogen-bond acceptors (Lipinski definition) is 5. The Morgan fingerprint density at radius 2 is 1.97 bits per heavy atom. The molecule has 1 atom stereocenters. The molecule has 3 saturated heterocycles. The van der Waals surface area contributed by atoms with Crippen LogP contribution in [0.15, 0.2) is 36.5 Å². The first-order chi connectivity index (χ1) is 15.2. The number of benzene rings is 1. The van der Waals surface area contributed by atoms with Crippen molar-refractivity contribution in [3.8, 4) is 0 Å². The normalized spacial score (nSPS) is 24.6. The van der Waals surface area contributed by atoms with Crippen LogP contribution < -0.4 is 5.32 Å². The lowest BCUT2D eigenvalue weighted by molar-refractivity contribution is -0.129. The van der Waals surface area contributed by atoms with Gasteiger partial charge in [0.05, 0.1) is 17.2 Å². The molecule has 1 unspecified atom stereocenters. The molecule has 6 heteroatoms. The predicted molar refractivity (Wildman–Crippen MR) is 120 cm³/mol. The molecular weight excluding hydrogens is 390 g/mol. The third-order valence-corrected chi connectivity index (χ3v) is 7.28. The van der Waals surface area contributed by atoms with Crippen molar-refractivity contribution in [2.75, 3.05) is 32.8 Å². The maximum atomic E-state index is 12.4. The van der Waals surface area contributed by atoms with Crippen molar-refractivity contribution in [1.82, 2.24) is 15.2 Å². The zero-order valence-electron chi connectivity index (χ0n) is 18.2. The van der Waals surface area contributed by atoms with Crippen molar-refractivity contribution in [3.05, 3.63) is 42.1 Å². The summed E-state index contributed by atoms with van der Waals surface area (Å²) in [5.74, 6) is 0.283. The summed E-state index contributed by atoms with van der Waals surface area (Å²) >= 11 is 0. The fourth-order valence-corrected chi connectivity index (χ4v) is 5.31. The number of hydrogen-bond donors (Lipinski definition) is 1. The molecule has 1 aromatic heterocycles. The first kappa shape index (κ1) is 20.9. The summed E-state index contributed by atoms with van der Waals surface area (Å²) in [4.78, 5) is 19.4. The highest BCUT2D eigenvalue weighted by molar-refractivity contribution is 5.79. The van der Waals surface area contributed by atoms with Gasteiger partial charge in [-0.25, -0.2) is 0 Å². The molecule has 1 spiro atoms. The fourth-order valence-electron chi connectivity index (χ4n) is 5.31. The molecule has 3 aliphatic rings. The van der Waals surface area contributed by atoms with Crippen LogP contribution >= 0.6 is 0 Å². The summed E-state index contributed by atoms with van der Waals surface area (Å²) in [5.41, 5.74) is 2.40. The van der Waals surface area contributed by atoms with Crippen LogP contribution in [0, 0.1) is 5.92 Å². The Morgan fingerprint density at radius 1 is 1.13 bits per heavy atom. The van der Waals surface area contributed by atoms with Crippen LogP contribution in [0.4, 0.5) is 0 Å². The fraction of sp³-hybridized carbons (Fsp3) is 0.600. The second kappa shape index (κ2) is 9.23. The third kappa shape index (κ3) is 4.92. The zero-order valence-corrected chi connectivity index (χ0v) is 18.2. The van der Waals surface area contributed by atoms with E-state index in [1.807, 2.05) is 12.3 Å². The second-order valence-corrected chi connectivity index (χ2v) is 9.40. The smallest absolute Gasteiger partial charge is 0.223 e. The first-order valence-electron chi connectivity index (χ1n) is 11.8. The number of amides is 1. The van der Waals surface area contributed by atoms with Gasteiger partial charge in [-0.15, -0.1) is 0 Å². The molecule has 0 radical (unpaired) electrons. The van der Waals surface area contributed by atoms with E-state index in [-0.39, 0.29) is 23.5 Å². The van der Waals surface area contributed by atoms with Crippen LogP contribution in [0.1, 0.15) is 44.1 Å². The van der Waals surface area contributed by atoms with E-state index in [9.17, 15) is 4.79 Å². The minimum absolute atomic E-state index is 0.00944. The van der Waals surface area contributed by atoms with Crippen LogP contribution in [0.25, 0.3) is 10.9 Å². The van der Waals surface area contributed by atoms with Gasteiger partial charge >= 0.3 is 0 Å². The van der Waals surface area contributed by atoms with E-state index in [1.54, 1.807) is 0 Å². The van der Waals surface area contributed by atoms with Crippen molar-refractivity contribution < 1.29 is 14.3 Å². The number of nitrogens with zero attached hydrogens (tertiary/aromatic N) is 2. The summed E-state index contributed by atoms with van der Waals surface area (Å²) in [6.45, 7) is 5.13. The summed E-state index contributed by atoms with van der Waals surface area (Å²) in [6.07, 6.45) is 7.99. The topological polar surface area (TPSA) is 63.7 Å². The molecule has 4 heterocycles. The number of rotatable bonds is 5. The summed E-state index contributed by atoms with van der Waals surface area (Å²) in [6, 6.07) is 10.7. The van der Waals surface area contributed by atoms with E-state index in [0.717, 1.165) is 63.7 Å². The number of nitrogens with one attached hydrogen (secondary N) is 1. The molecule has 0 bridgehead atoms. The van der Waals surface area contributed by atoms with Crippen LogP contribution in [0.5, 0.6) is 0 Å². The van der Waals surface area contributed by atoms with Gasteiger partial charge in [-0.1, -0.05) is 18.2 Å². The highest BCUT2D eigenvalue weighted by atomic mass is 16.5. The van der Waals surface area contributed by atoms with Crippen LogP contribution in [0.3, 0.4) is 0 Å². The Balaban J connectivity index is 1.08. The molecule has 1 amide bonds. The predicted octanol–water partition coefficient (Wildman–Crippen LogP) is 3.29. The van der Waals surface area contributed by atoms with E-state index in [0.29, 0.717) is 19.8 Å². The van der Waals surface area contributed by atoms with Gasteiger partial charge in [-0.05, 0) is 56.2 Å². The van der Waals surface area contributed by atoms with Gasteiger partial charge in [-0.3, -0.25) is 14.7 Å². The quantitative estimate of drug-likeness (QED) is 0.800. The molecule has 6 nitrogen and oxygen atoms in total. The first-order valence-corrected chi connectivity index (χ1v) is 11.8. The van der Waals surface area contributed by atoms with Gasteiger partial charge in [0, 0.05) is 56.9 Å². The number of aromatic nitrogens is 1. The Morgan fingerprint density at radius 3 is 2.81 bits per heavy atom. The lowest BCUT2D eigenvalue weighted by Gasteiger charge is -2.39. The molecule has 1 aromatic carbocycles. The molecule has 31 heavy (non-hydrogen) atoms. The number of carbonyl (C=O) groups is 1. The van der Waals surface area contributed by atoms with Crippen LogP contribution in [-0.4, -0.2) is 60.3 Å². The Hall–Kier alpha value is -2.02. The maximum absolute atomic E-state index is 12.4.